The molecule has 10 heteroatoms. The molecule has 0 aliphatic rings. The van der Waals surface area contributed by atoms with Crippen LogP contribution in [0.2, 0.25) is 0 Å². The van der Waals surface area contributed by atoms with Crippen LogP contribution in [0.25, 0.3) is 0 Å². The number of benzene rings is 2. The molecule has 0 aliphatic carbocycles. The Morgan fingerprint density at radius 3 is 2.03 bits per heavy atom. The number of halogens is 7. The van der Waals surface area contributed by atoms with E-state index in [-0.39, 0.29) is 23.2 Å². The van der Waals surface area contributed by atoms with E-state index < -0.39 is 42.8 Å². The van der Waals surface area contributed by atoms with Gasteiger partial charge in [-0.2, -0.15) is 26.3 Å². The van der Waals surface area contributed by atoms with Gasteiger partial charge in [0.2, 0.25) is 0 Å². The summed E-state index contributed by atoms with van der Waals surface area (Å²) in [5, 5.41) is 0. The molecule has 2 aromatic carbocycles. The summed E-state index contributed by atoms with van der Waals surface area (Å²) in [6.45, 7) is -0.374. The molecule has 2 aromatic rings. The summed E-state index contributed by atoms with van der Waals surface area (Å²) >= 11 is 0. The fourth-order valence-corrected chi connectivity index (χ4v) is 2.85. The maximum Gasteiger partial charge on any atom is 0.416 e. The summed E-state index contributed by atoms with van der Waals surface area (Å²) in [4.78, 5) is 13.1. The van der Waals surface area contributed by atoms with Gasteiger partial charge < -0.3 is 4.74 Å². The Labute approximate surface area is 168 Å². The first-order valence-electron chi connectivity index (χ1n) is 8.60. The van der Waals surface area contributed by atoms with Crippen LogP contribution in [0, 0.1) is 6.92 Å². The molecular formula is C20H18F7NO2. The van der Waals surface area contributed by atoms with E-state index in [9.17, 15) is 35.5 Å². The minimum Gasteiger partial charge on any atom is -0.453 e. The highest BCUT2D eigenvalue weighted by Gasteiger charge is 2.32. The zero-order chi connectivity index (χ0) is 22.7. The van der Waals surface area contributed by atoms with Crippen LogP contribution in [0.3, 0.4) is 0 Å². The number of methoxy groups -OCH3 is 1. The van der Waals surface area contributed by atoms with E-state index in [0.29, 0.717) is 11.6 Å². The Bertz CT molecular complexity index is 907. The minimum absolute atomic E-state index is 0.0347. The van der Waals surface area contributed by atoms with Crippen molar-refractivity contribution in [1.29, 1.82) is 0 Å². The van der Waals surface area contributed by atoms with Gasteiger partial charge in [0.05, 0.1) is 18.2 Å². The molecular weight excluding hydrogens is 419 g/mol. The summed E-state index contributed by atoms with van der Waals surface area (Å²) in [5.74, 6) is 0. The summed E-state index contributed by atoms with van der Waals surface area (Å²) in [6.07, 6.45) is -10.3. The number of alkyl halides is 7. The predicted molar refractivity (Wildman–Crippen MR) is 94.1 cm³/mol. The zero-order valence-corrected chi connectivity index (χ0v) is 16.0. The minimum atomic E-state index is -4.73. The van der Waals surface area contributed by atoms with Crippen LogP contribution < -0.4 is 0 Å². The Kier molecular flexibility index (Phi) is 6.99. The zero-order valence-electron chi connectivity index (χ0n) is 16.0. The maximum atomic E-state index is 13.1. The highest BCUT2D eigenvalue weighted by atomic mass is 19.4. The second-order valence-electron chi connectivity index (χ2n) is 6.63. The standard InChI is InChI=1S/C20H18F7NO2/c1-12-3-4-16(19(22,23)24)8-15(12)11-28(18(29)30-2)10-14-5-13(9-21)6-17(7-14)20(25,26)27/h3-8H,9-11H2,1-2H3. The number of ether oxygens (including phenoxy) is 1. The fraction of sp³-hybridized carbons (Fsp3) is 0.350. The monoisotopic (exact) mass is 437 g/mol. The largest absolute Gasteiger partial charge is 0.453 e. The van der Waals surface area contributed by atoms with Crippen molar-refractivity contribution in [2.24, 2.45) is 0 Å². The fourth-order valence-electron chi connectivity index (χ4n) is 2.85. The first-order valence-corrected chi connectivity index (χ1v) is 8.60. The number of carbonyl (C=O) groups excluding carboxylic acids is 1. The van der Waals surface area contributed by atoms with E-state index in [2.05, 4.69) is 4.74 Å². The van der Waals surface area contributed by atoms with Crippen molar-refractivity contribution in [2.45, 2.75) is 39.0 Å². The van der Waals surface area contributed by atoms with E-state index in [1.807, 2.05) is 0 Å². The van der Waals surface area contributed by atoms with E-state index in [1.54, 1.807) is 0 Å². The van der Waals surface area contributed by atoms with Crippen LogP contribution in [0.4, 0.5) is 35.5 Å². The highest BCUT2D eigenvalue weighted by molar-refractivity contribution is 5.67. The highest BCUT2D eigenvalue weighted by Crippen LogP contribution is 2.33. The number of carbonyl (C=O) groups is 1. The summed E-state index contributed by atoms with van der Waals surface area (Å²) in [7, 11) is 1.04. The molecule has 164 valence electrons. The van der Waals surface area contributed by atoms with Gasteiger partial charge in [0.15, 0.2) is 0 Å². The average Bonchev–Trinajstić information content (AvgIpc) is 2.66. The Morgan fingerprint density at radius 2 is 1.50 bits per heavy atom. The lowest BCUT2D eigenvalue weighted by Crippen LogP contribution is -2.30. The van der Waals surface area contributed by atoms with E-state index in [1.165, 1.54) is 13.0 Å². The molecule has 0 radical (unpaired) electrons. The number of amides is 1. The number of aryl methyl sites for hydroxylation is 1. The number of hydrogen-bond acceptors (Lipinski definition) is 2. The van der Waals surface area contributed by atoms with Crippen molar-refractivity contribution >= 4 is 6.09 Å². The molecule has 0 fully saturated rings. The Morgan fingerprint density at radius 1 is 0.900 bits per heavy atom. The lowest BCUT2D eigenvalue weighted by atomic mass is 10.0. The molecule has 0 atom stereocenters. The molecule has 0 aromatic heterocycles. The Hall–Kier alpha value is -2.78. The number of rotatable bonds is 5. The predicted octanol–water partition coefficient (Wildman–Crippen LogP) is 6.27. The third-order valence-corrected chi connectivity index (χ3v) is 4.38. The van der Waals surface area contributed by atoms with Gasteiger partial charge in [-0.15, -0.1) is 0 Å². The van der Waals surface area contributed by atoms with Gasteiger partial charge in [-0.3, -0.25) is 4.90 Å². The van der Waals surface area contributed by atoms with Gasteiger partial charge >= 0.3 is 18.4 Å². The van der Waals surface area contributed by atoms with Crippen LogP contribution in [0.1, 0.15) is 33.4 Å². The molecule has 30 heavy (non-hydrogen) atoms. The number of hydrogen-bond donors (Lipinski definition) is 0. The summed E-state index contributed by atoms with van der Waals surface area (Å²) in [5.41, 5.74) is -1.69. The summed E-state index contributed by atoms with van der Waals surface area (Å²) < 4.78 is 95.8. The van der Waals surface area contributed by atoms with Crippen LogP contribution in [-0.4, -0.2) is 18.1 Å². The molecule has 0 unspecified atom stereocenters. The van der Waals surface area contributed by atoms with Gasteiger partial charge in [0, 0.05) is 13.1 Å². The molecule has 2 rings (SSSR count). The van der Waals surface area contributed by atoms with Crippen molar-refractivity contribution in [3.05, 3.63) is 69.8 Å². The van der Waals surface area contributed by atoms with Crippen LogP contribution >= 0.6 is 0 Å². The molecule has 0 spiro atoms. The molecule has 0 N–H and O–H groups in total. The molecule has 1 amide bonds. The van der Waals surface area contributed by atoms with Crippen molar-refractivity contribution in [3.8, 4) is 0 Å². The van der Waals surface area contributed by atoms with Crippen LogP contribution in [0.15, 0.2) is 36.4 Å². The lowest BCUT2D eigenvalue weighted by molar-refractivity contribution is -0.138. The van der Waals surface area contributed by atoms with E-state index in [4.69, 9.17) is 0 Å². The van der Waals surface area contributed by atoms with Gasteiger partial charge in [-0.1, -0.05) is 12.1 Å². The quantitative estimate of drug-likeness (QED) is 0.516. The maximum absolute atomic E-state index is 13.1. The third-order valence-electron chi connectivity index (χ3n) is 4.38. The van der Waals surface area contributed by atoms with Crippen LogP contribution in [-0.2, 0) is 36.9 Å². The second-order valence-corrected chi connectivity index (χ2v) is 6.63. The molecule has 0 saturated heterocycles. The molecule has 0 aliphatic heterocycles. The number of nitrogens with zero attached hydrogens (tertiary/aromatic N) is 1. The van der Waals surface area contributed by atoms with Crippen molar-refractivity contribution in [1.82, 2.24) is 4.90 Å². The van der Waals surface area contributed by atoms with Crippen molar-refractivity contribution in [2.75, 3.05) is 7.11 Å². The van der Waals surface area contributed by atoms with Gasteiger partial charge in [-0.25, -0.2) is 9.18 Å². The van der Waals surface area contributed by atoms with Crippen molar-refractivity contribution < 1.29 is 40.3 Å². The lowest BCUT2D eigenvalue weighted by Gasteiger charge is -2.23. The normalized spacial score (nSPS) is 12.0. The van der Waals surface area contributed by atoms with Crippen molar-refractivity contribution in [3.63, 3.8) is 0 Å². The van der Waals surface area contributed by atoms with Gasteiger partial charge in [0.1, 0.15) is 6.67 Å². The van der Waals surface area contributed by atoms with Crippen LogP contribution in [0.5, 0.6) is 0 Å². The molecule has 0 heterocycles. The van der Waals surface area contributed by atoms with Gasteiger partial charge in [0.25, 0.3) is 0 Å². The van der Waals surface area contributed by atoms with E-state index >= 15 is 0 Å². The van der Waals surface area contributed by atoms with Gasteiger partial charge in [-0.05, 0) is 53.4 Å². The SMILES string of the molecule is COC(=O)N(Cc1cc(CF)cc(C(F)(F)F)c1)Cc1cc(C(F)(F)F)ccc1C. The second kappa shape index (κ2) is 8.93. The van der Waals surface area contributed by atoms with E-state index in [0.717, 1.165) is 36.3 Å². The molecule has 0 bridgehead atoms. The molecule has 0 saturated carbocycles. The molecule has 3 nitrogen and oxygen atoms in total. The topological polar surface area (TPSA) is 29.5 Å². The Balaban J connectivity index is 2.40. The average molecular weight is 437 g/mol. The first kappa shape index (κ1) is 23.5. The first-order chi connectivity index (χ1) is 13.8. The smallest absolute Gasteiger partial charge is 0.416 e. The third kappa shape index (κ3) is 5.87. The summed E-state index contributed by atoms with van der Waals surface area (Å²) in [6, 6.07) is 5.56.